The quantitative estimate of drug-likeness (QED) is 0.836. The lowest BCUT2D eigenvalue weighted by atomic mass is 10.1. The Hall–Kier alpha value is -1.76. The third-order valence-electron chi connectivity index (χ3n) is 3.77. The topological polar surface area (TPSA) is 72.6 Å². The van der Waals surface area contributed by atoms with Gasteiger partial charge in [0, 0.05) is 19.2 Å². The molecule has 124 valence electrons. The molecule has 0 aliphatic heterocycles. The van der Waals surface area contributed by atoms with Gasteiger partial charge >= 0.3 is 0 Å². The summed E-state index contributed by atoms with van der Waals surface area (Å²) in [7, 11) is -0.883. The Balaban J connectivity index is 2.48. The van der Waals surface area contributed by atoms with Gasteiger partial charge in [-0.3, -0.25) is 0 Å². The number of rotatable bonds is 5. The average molecular weight is 355 g/mol. The lowest BCUT2D eigenvalue weighted by molar-refractivity contribution is 0.382. The van der Waals surface area contributed by atoms with E-state index in [2.05, 4.69) is 0 Å². The van der Waals surface area contributed by atoms with Gasteiger partial charge in [-0.15, -0.1) is 0 Å². The number of anilines is 1. The molecule has 7 heteroatoms. The van der Waals surface area contributed by atoms with E-state index in [1.807, 2.05) is 37.3 Å². The molecule has 0 aromatic heterocycles. The second kappa shape index (κ2) is 6.78. The molecule has 0 saturated carbocycles. The van der Waals surface area contributed by atoms with E-state index < -0.39 is 10.0 Å². The highest BCUT2D eigenvalue weighted by Crippen LogP contribution is 2.35. The molecule has 0 spiro atoms. The highest BCUT2D eigenvalue weighted by molar-refractivity contribution is 7.89. The van der Waals surface area contributed by atoms with Crippen molar-refractivity contribution in [1.29, 1.82) is 0 Å². The van der Waals surface area contributed by atoms with Gasteiger partial charge in [0.05, 0.1) is 17.8 Å². The zero-order valence-corrected chi connectivity index (χ0v) is 14.7. The van der Waals surface area contributed by atoms with Crippen molar-refractivity contribution in [2.45, 2.75) is 17.9 Å². The maximum atomic E-state index is 12.9. The van der Waals surface area contributed by atoms with Crippen LogP contribution >= 0.6 is 11.6 Å². The first-order valence-electron chi connectivity index (χ1n) is 6.95. The number of nitrogen functional groups attached to an aromatic ring is 1. The summed E-state index contributed by atoms with van der Waals surface area (Å²) in [5.74, 6) is 0.163. The third kappa shape index (κ3) is 3.44. The highest BCUT2D eigenvalue weighted by Gasteiger charge is 2.29. The van der Waals surface area contributed by atoms with E-state index in [9.17, 15) is 8.42 Å². The first-order valence-corrected chi connectivity index (χ1v) is 8.76. The normalized spacial score (nSPS) is 13.1. The lowest BCUT2D eigenvalue weighted by Crippen LogP contribution is -2.30. The molecule has 5 nitrogen and oxygen atoms in total. The number of ether oxygens (including phenoxy) is 1. The number of nitrogens with two attached hydrogens (primary N) is 1. The Morgan fingerprint density at radius 3 is 2.39 bits per heavy atom. The van der Waals surface area contributed by atoms with Crippen LogP contribution in [0.4, 0.5) is 5.69 Å². The van der Waals surface area contributed by atoms with Gasteiger partial charge in [0.1, 0.15) is 10.6 Å². The third-order valence-corrected chi connectivity index (χ3v) is 6.04. The fourth-order valence-electron chi connectivity index (χ4n) is 2.22. The van der Waals surface area contributed by atoms with Crippen LogP contribution in [0.2, 0.25) is 5.02 Å². The van der Waals surface area contributed by atoms with Crippen LogP contribution in [-0.4, -0.2) is 26.9 Å². The SMILES string of the molecule is COc1cc(Cl)c(N)cc1S(=O)(=O)N(C)[C@H](C)c1ccccc1. The zero-order chi connectivity index (χ0) is 17.2. The second-order valence-electron chi connectivity index (χ2n) is 5.13. The Labute approximate surface area is 141 Å². The van der Waals surface area contributed by atoms with Crippen LogP contribution in [0, 0.1) is 0 Å². The minimum atomic E-state index is -3.80. The molecule has 2 rings (SSSR count). The number of benzene rings is 2. The molecule has 0 aliphatic carbocycles. The number of halogens is 1. The monoisotopic (exact) mass is 354 g/mol. The largest absolute Gasteiger partial charge is 0.495 e. The van der Waals surface area contributed by atoms with Crippen LogP contribution < -0.4 is 10.5 Å². The molecule has 1 atom stereocenters. The summed E-state index contributed by atoms with van der Waals surface area (Å²) in [6, 6.07) is 11.8. The summed E-state index contributed by atoms with van der Waals surface area (Å²) in [5, 5.41) is 0.250. The molecule has 0 unspecified atom stereocenters. The molecule has 0 saturated heterocycles. The molecular weight excluding hydrogens is 336 g/mol. The average Bonchev–Trinajstić information content (AvgIpc) is 2.56. The molecule has 0 radical (unpaired) electrons. The van der Waals surface area contributed by atoms with Gasteiger partial charge in [-0.25, -0.2) is 8.42 Å². The molecule has 0 bridgehead atoms. The highest BCUT2D eigenvalue weighted by atomic mass is 35.5. The maximum Gasteiger partial charge on any atom is 0.247 e. The number of methoxy groups -OCH3 is 1. The predicted molar refractivity (Wildman–Crippen MR) is 92.2 cm³/mol. The molecule has 2 aromatic carbocycles. The summed E-state index contributed by atoms with van der Waals surface area (Å²) < 4.78 is 32.3. The lowest BCUT2D eigenvalue weighted by Gasteiger charge is -2.25. The Bertz CT molecular complexity index is 794. The minimum absolute atomic E-state index is 0.00724. The van der Waals surface area contributed by atoms with Crippen LogP contribution in [0.15, 0.2) is 47.4 Å². The number of sulfonamides is 1. The standard InChI is InChI=1S/C16H19ClN2O3S/c1-11(12-7-5-4-6-8-12)19(2)23(20,21)16-10-14(18)13(17)9-15(16)22-3/h4-11H,18H2,1-3H3/t11-/m1/s1. The van der Waals surface area contributed by atoms with Crippen LogP contribution in [0.3, 0.4) is 0 Å². The van der Waals surface area contributed by atoms with E-state index in [0.29, 0.717) is 0 Å². The molecule has 2 aromatic rings. The van der Waals surface area contributed by atoms with E-state index in [1.165, 1.54) is 30.6 Å². The smallest absolute Gasteiger partial charge is 0.247 e. The number of hydrogen-bond donors (Lipinski definition) is 1. The summed E-state index contributed by atoms with van der Waals surface area (Å²) in [6.07, 6.45) is 0. The van der Waals surface area contributed by atoms with Crippen molar-refractivity contribution in [2.75, 3.05) is 19.9 Å². The maximum absolute atomic E-state index is 12.9. The minimum Gasteiger partial charge on any atom is -0.495 e. The van der Waals surface area contributed by atoms with Crippen LogP contribution in [-0.2, 0) is 10.0 Å². The first kappa shape index (κ1) is 17.6. The Morgan fingerprint density at radius 1 is 1.22 bits per heavy atom. The number of nitrogens with zero attached hydrogens (tertiary/aromatic N) is 1. The van der Waals surface area contributed by atoms with Gasteiger partial charge in [0.25, 0.3) is 0 Å². The zero-order valence-electron chi connectivity index (χ0n) is 13.2. The molecule has 0 fully saturated rings. The van der Waals surface area contributed by atoms with E-state index in [1.54, 1.807) is 0 Å². The summed E-state index contributed by atoms with van der Waals surface area (Å²) >= 11 is 5.94. The summed E-state index contributed by atoms with van der Waals surface area (Å²) in [4.78, 5) is -0.00724. The van der Waals surface area contributed by atoms with Crippen molar-refractivity contribution in [1.82, 2.24) is 4.31 Å². The Kier molecular flexibility index (Phi) is 5.19. The summed E-state index contributed by atoms with van der Waals surface area (Å²) in [5.41, 5.74) is 6.83. The van der Waals surface area contributed by atoms with Crippen molar-refractivity contribution < 1.29 is 13.2 Å². The molecule has 23 heavy (non-hydrogen) atoms. The van der Waals surface area contributed by atoms with E-state index in [4.69, 9.17) is 22.1 Å². The molecular formula is C16H19ClN2O3S. The first-order chi connectivity index (χ1) is 10.8. The van der Waals surface area contributed by atoms with Gasteiger partial charge < -0.3 is 10.5 Å². The predicted octanol–water partition coefficient (Wildman–Crippen LogP) is 3.31. The van der Waals surface area contributed by atoms with Gasteiger partial charge in [0.15, 0.2) is 0 Å². The van der Waals surface area contributed by atoms with Crippen LogP contribution in [0.5, 0.6) is 5.75 Å². The van der Waals surface area contributed by atoms with E-state index in [0.717, 1.165) is 5.56 Å². The van der Waals surface area contributed by atoms with Gasteiger partial charge in [-0.2, -0.15) is 4.31 Å². The van der Waals surface area contributed by atoms with Gasteiger partial charge in [0.2, 0.25) is 10.0 Å². The molecule has 2 N–H and O–H groups in total. The van der Waals surface area contributed by atoms with Crippen molar-refractivity contribution >= 4 is 27.3 Å². The van der Waals surface area contributed by atoms with Crippen molar-refractivity contribution in [3.63, 3.8) is 0 Å². The van der Waals surface area contributed by atoms with Crippen LogP contribution in [0.1, 0.15) is 18.5 Å². The molecule has 0 amide bonds. The second-order valence-corrected chi connectivity index (χ2v) is 7.51. The van der Waals surface area contributed by atoms with Crippen molar-refractivity contribution in [2.24, 2.45) is 0 Å². The fourth-order valence-corrected chi connectivity index (χ4v) is 3.89. The fraction of sp³-hybridized carbons (Fsp3) is 0.250. The number of hydrogen-bond acceptors (Lipinski definition) is 4. The van der Waals surface area contributed by atoms with E-state index in [-0.39, 0.29) is 27.4 Å². The molecule has 0 aliphatic rings. The van der Waals surface area contributed by atoms with Crippen molar-refractivity contribution in [3.8, 4) is 5.75 Å². The van der Waals surface area contributed by atoms with Crippen LogP contribution in [0.25, 0.3) is 0 Å². The van der Waals surface area contributed by atoms with Crippen molar-refractivity contribution in [3.05, 3.63) is 53.1 Å². The Morgan fingerprint density at radius 2 is 1.83 bits per heavy atom. The van der Waals surface area contributed by atoms with Gasteiger partial charge in [-0.1, -0.05) is 41.9 Å². The van der Waals surface area contributed by atoms with Gasteiger partial charge in [-0.05, 0) is 18.6 Å². The molecule has 0 heterocycles. The summed E-state index contributed by atoms with van der Waals surface area (Å²) in [6.45, 7) is 1.82. The van der Waals surface area contributed by atoms with E-state index >= 15 is 0 Å².